The second-order valence-electron chi connectivity index (χ2n) is 8.62. The van der Waals surface area contributed by atoms with E-state index in [0.29, 0.717) is 0 Å². The smallest absolute Gasteiger partial charge is 0.233 e. The van der Waals surface area contributed by atoms with Gasteiger partial charge >= 0.3 is 0 Å². The first-order chi connectivity index (χ1) is 12.9. The number of nitrogens with zero attached hydrogens (tertiary/aromatic N) is 1. The van der Waals surface area contributed by atoms with Gasteiger partial charge in [0.25, 0.3) is 0 Å². The van der Waals surface area contributed by atoms with Crippen molar-refractivity contribution in [3.05, 3.63) is 71.8 Å². The minimum absolute atomic E-state index is 0.0265. The number of allylic oxidation sites excluding steroid dienone is 2. The Balaban J connectivity index is 1.81. The third-order valence-corrected chi connectivity index (χ3v) is 11.5. The van der Waals surface area contributed by atoms with Crippen molar-refractivity contribution in [2.45, 2.75) is 24.2 Å². The van der Waals surface area contributed by atoms with Crippen LogP contribution >= 0.6 is 0 Å². The van der Waals surface area contributed by atoms with Crippen molar-refractivity contribution in [2.75, 3.05) is 7.05 Å². The fourth-order valence-electron chi connectivity index (χ4n) is 6.03. The summed E-state index contributed by atoms with van der Waals surface area (Å²) in [5.74, 6) is -0.286. The maximum Gasteiger partial charge on any atom is 0.233 e. The topological polar surface area (TPSA) is 37.4 Å². The van der Waals surface area contributed by atoms with E-state index in [0.717, 1.165) is 0 Å². The number of fused-ring (bicyclic) bond motifs is 5. The molecule has 3 aliphatic rings. The lowest BCUT2D eigenvalue weighted by Crippen LogP contribution is -2.37. The Bertz CT molecular complexity index is 902. The van der Waals surface area contributed by atoms with E-state index in [-0.39, 0.29) is 34.7 Å². The zero-order valence-corrected chi connectivity index (χ0v) is 16.8. The number of rotatable bonds is 2. The molecule has 0 unspecified atom stereocenters. The van der Waals surface area contributed by atoms with Crippen LogP contribution in [0.15, 0.2) is 60.7 Å². The molecule has 0 radical (unpaired) electrons. The van der Waals surface area contributed by atoms with Gasteiger partial charge in [0.2, 0.25) is 11.8 Å². The van der Waals surface area contributed by atoms with Crippen molar-refractivity contribution in [1.29, 1.82) is 0 Å². The Labute approximate surface area is 160 Å². The van der Waals surface area contributed by atoms with Crippen LogP contribution in [0.5, 0.6) is 0 Å². The van der Waals surface area contributed by atoms with Crippen molar-refractivity contribution in [3.63, 3.8) is 0 Å². The first-order valence-corrected chi connectivity index (χ1v) is 12.8. The van der Waals surface area contributed by atoms with Crippen LogP contribution in [0.4, 0.5) is 0 Å². The molecule has 0 spiro atoms. The Morgan fingerprint density at radius 1 is 0.704 bits per heavy atom. The van der Waals surface area contributed by atoms with Crippen molar-refractivity contribution >= 4 is 31.0 Å². The first-order valence-electron chi connectivity index (χ1n) is 9.61. The highest BCUT2D eigenvalue weighted by molar-refractivity contribution is 6.87. The minimum atomic E-state index is -1.88. The Kier molecular flexibility index (Phi) is 3.41. The van der Waals surface area contributed by atoms with E-state index in [9.17, 15) is 9.59 Å². The largest absolute Gasteiger partial charge is 0.285 e. The molecule has 4 heteroatoms. The monoisotopic (exact) mass is 373 g/mol. The number of carbonyl (C=O) groups is 2. The van der Waals surface area contributed by atoms with Crippen LogP contribution in [0, 0.1) is 11.8 Å². The molecule has 2 aromatic rings. The molecule has 0 N–H and O–H groups in total. The van der Waals surface area contributed by atoms with E-state index in [1.807, 2.05) is 12.1 Å². The van der Waals surface area contributed by atoms with Crippen LogP contribution < -0.4 is 0 Å². The van der Waals surface area contributed by atoms with Crippen LogP contribution in [-0.2, 0) is 9.59 Å². The zero-order chi connectivity index (χ0) is 18.9. The van der Waals surface area contributed by atoms with E-state index in [1.165, 1.54) is 27.2 Å². The molecular formula is C23H23NO2Si. The second kappa shape index (κ2) is 5.52. The molecule has 2 amide bonds. The lowest BCUT2D eigenvalue weighted by molar-refractivity contribution is -0.138. The van der Waals surface area contributed by atoms with Gasteiger partial charge in [0.05, 0.1) is 19.9 Å². The van der Waals surface area contributed by atoms with Crippen LogP contribution in [0.3, 0.4) is 0 Å². The van der Waals surface area contributed by atoms with Gasteiger partial charge in [0.1, 0.15) is 0 Å². The number of likely N-dealkylation sites (tertiary alicyclic amines) is 1. The summed E-state index contributed by atoms with van der Waals surface area (Å²) < 4.78 is 0. The predicted octanol–water partition coefficient (Wildman–Crippen LogP) is 4.30. The number of hydrogen-bond donors (Lipinski definition) is 0. The summed E-state index contributed by atoms with van der Waals surface area (Å²) in [5, 5.41) is 0. The molecule has 2 saturated heterocycles. The number of hydrogen-bond acceptors (Lipinski definition) is 2. The Morgan fingerprint density at radius 3 is 1.44 bits per heavy atom. The van der Waals surface area contributed by atoms with Gasteiger partial charge in [-0.05, 0) is 33.4 Å². The van der Waals surface area contributed by atoms with Gasteiger partial charge in [0, 0.05) is 7.05 Å². The molecule has 4 atom stereocenters. The minimum Gasteiger partial charge on any atom is -0.285 e. The van der Waals surface area contributed by atoms with Gasteiger partial charge in [-0.25, -0.2) is 0 Å². The molecule has 5 rings (SSSR count). The van der Waals surface area contributed by atoms with E-state index < -0.39 is 8.07 Å². The lowest BCUT2D eigenvalue weighted by Gasteiger charge is -2.27. The lowest BCUT2D eigenvalue weighted by atomic mass is 9.73. The van der Waals surface area contributed by atoms with Crippen LogP contribution in [0.2, 0.25) is 24.2 Å². The summed E-state index contributed by atoms with van der Waals surface area (Å²) in [6.45, 7) is 4.75. The summed E-state index contributed by atoms with van der Waals surface area (Å²) in [5.41, 5.74) is 5.45. The fraction of sp³-hybridized carbons (Fsp3) is 0.304. The highest BCUT2D eigenvalue weighted by Crippen LogP contribution is 2.72. The van der Waals surface area contributed by atoms with Crippen molar-refractivity contribution in [3.8, 4) is 0 Å². The van der Waals surface area contributed by atoms with E-state index in [2.05, 4.69) is 61.6 Å². The molecule has 0 aromatic heterocycles. The van der Waals surface area contributed by atoms with Gasteiger partial charge in [-0.3, -0.25) is 14.5 Å². The predicted molar refractivity (Wildman–Crippen MR) is 109 cm³/mol. The second-order valence-corrected chi connectivity index (χ2v) is 13.5. The summed E-state index contributed by atoms with van der Waals surface area (Å²) in [6.07, 6.45) is 0. The molecule has 0 aliphatic carbocycles. The van der Waals surface area contributed by atoms with Gasteiger partial charge in [-0.15, -0.1) is 0 Å². The maximum atomic E-state index is 13.0. The summed E-state index contributed by atoms with van der Waals surface area (Å²) in [4.78, 5) is 27.4. The molecule has 3 heterocycles. The normalized spacial score (nSPS) is 31.0. The molecule has 2 bridgehead atoms. The highest BCUT2D eigenvalue weighted by atomic mass is 28.3. The number of benzene rings is 2. The first kappa shape index (κ1) is 16.7. The average Bonchev–Trinajstić information content (AvgIpc) is 3.16. The van der Waals surface area contributed by atoms with Gasteiger partial charge in [-0.2, -0.15) is 0 Å². The summed E-state index contributed by atoms with van der Waals surface area (Å²) >= 11 is 0. The number of imide groups is 1. The summed E-state index contributed by atoms with van der Waals surface area (Å²) in [7, 11) is -0.225. The molecule has 27 heavy (non-hydrogen) atoms. The van der Waals surface area contributed by atoms with Crippen LogP contribution in [-0.4, -0.2) is 31.8 Å². The molecule has 136 valence electrons. The van der Waals surface area contributed by atoms with Gasteiger partial charge in [-0.1, -0.05) is 73.8 Å². The van der Waals surface area contributed by atoms with E-state index >= 15 is 0 Å². The quantitative estimate of drug-likeness (QED) is 0.581. The molecular weight excluding hydrogens is 350 g/mol. The van der Waals surface area contributed by atoms with Crippen molar-refractivity contribution < 1.29 is 9.59 Å². The number of amides is 2. The third-order valence-electron chi connectivity index (χ3n) is 7.02. The zero-order valence-electron chi connectivity index (χ0n) is 15.8. The fourth-order valence-corrected chi connectivity index (χ4v) is 11.1. The van der Waals surface area contributed by atoms with Crippen molar-refractivity contribution in [1.82, 2.24) is 4.90 Å². The maximum absolute atomic E-state index is 13.0. The molecule has 3 aliphatic heterocycles. The number of carbonyl (C=O) groups excluding carboxylic acids is 2. The standard InChI is InChI=1S/C23H23NO2Si/c1-24-22(25)18-19(23(24)26)21-17(15-12-8-5-9-13-15)16(20(18)27(21,2)3)14-10-6-4-7-11-14/h4-13,18-21H,1-3H3/t18-,19+,20-,21+. The van der Waals surface area contributed by atoms with Crippen molar-refractivity contribution in [2.24, 2.45) is 11.8 Å². The molecule has 0 saturated carbocycles. The van der Waals surface area contributed by atoms with E-state index in [4.69, 9.17) is 0 Å². The summed E-state index contributed by atoms with van der Waals surface area (Å²) in [6, 6.07) is 21.0. The van der Waals surface area contributed by atoms with Gasteiger partial charge in [0.15, 0.2) is 0 Å². The van der Waals surface area contributed by atoms with Crippen LogP contribution in [0.1, 0.15) is 11.1 Å². The Morgan fingerprint density at radius 2 is 1.07 bits per heavy atom. The highest BCUT2D eigenvalue weighted by Gasteiger charge is 2.71. The van der Waals surface area contributed by atoms with E-state index in [1.54, 1.807) is 7.05 Å². The molecule has 2 aromatic carbocycles. The third kappa shape index (κ3) is 2.02. The molecule has 2 fully saturated rings. The van der Waals surface area contributed by atoms with Crippen LogP contribution in [0.25, 0.3) is 11.1 Å². The molecule has 3 nitrogen and oxygen atoms in total. The van der Waals surface area contributed by atoms with Gasteiger partial charge < -0.3 is 0 Å². The average molecular weight is 374 g/mol. The Hall–Kier alpha value is -2.46. The SMILES string of the molecule is CN1C(=O)[C@@H]2[C@H](C1=O)[C@@H]1C(c3ccccc3)=C(c3ccccc3)[C@H]2[Si]1(C)C.